The second-order valence-electron chi connectivity index (χ2n) is 4.23. The van der Waals surface area contributed by atoms with Crippen LogP contribution < -0.4 is 0 Å². The molecule has 0 radical (unpaired) electrons. The number of ether oxygens (including phenoxy) is 1. The summed E-state index contributed by atoms with van der Waals surface area (Å²) in [5.41, 5.74) is -0.313. The molecule has 17 heavy (non-hydrogen) atoms. The van der Waals surface area contributed by atoms with E-state index in [9.17, 15) is 9.90 Å². The Hall–Kier alpha value is -1.79. The predicted molar refractivity (Wildman–Crippen MR) is 65.0 cm³/mol. The molecule has 0 aliphatic rings. The molecule has 90 valence electrons. The first kappa shape index (κ1) is 13.3. The Morgan fingerprint density at radius 2 is 1.94 bits per heavy atom. The van der Waals surface area contributed by atoms with Crippen LogP contribution in [0.15, 0.2) is 30.3 Å². The third kappa shape index (κ3) is 5.19. The Kier molecular flexibility index (Phi) is 4.30. The van der Waals surface area contributed by atoms with Crippen molar-refractivity contribution < 1.29 is 14.6 Å². The van der Waals surface area contributed by atoms with Crippen LogP contribution >= 0.6 is 0 Å². The number of carbonyl (C=O) groups is 1. The van der Waals surface area contributed by atoms with E-state index in [1.165, 1.54) is 6.92 Å². The topological polar surface area (TPSA) is 46.5 Å². The molecule has 1 aromatic carbocycles. The smallest absolute Gasteiger partial charge is 0.304 e. The number of benzene rings is 1. The van der Waals surface area contributed by atoms with Crippen LogP contribution in [0.25, 0.3) is 0 Å². The van der Waals surface area contributed by atoms with E-state index in [4.69, 9.17) is 4.74 Å². The van der Waals surface area contributed by atoms with Gasteiger partial charge in [-0.1, -0.05) is 42.2 Å². The molecule has 0 heterocycles. The van der Waals surface area contributed by atoms with E-state index >= 15 is 0 Å². The first-order valence-corrected chi connectivity index (χ1v) is 5.36. The van der Waals surface area contributed by atoms with E-state index in [-0.39, 0.29) is 0 Å². The van der Waals surface area contributed by atoms with E-state index in [0.29, 0.717) is 0 Å². The number of carbonyl (C=O) groups excluding carboxylic acids is 1. The highest BCUT2D eigenvalue weighted by Gasteiger charge is 2.13. The molecule has 0 aliphatic carbocycles. The zero-order valence-electron chi connectivity index (χ0n) is 10.2. The molecule has 0 fully saturated rings. The van der Waals surface area contributed by atoms with Gasteiger partial charge in [-0.3, -0.25) is 4.79 Å². The molecule has 3 heteroatoms. The molecule has 1 rings (SSSR count). The Morgan fingerprint density at radius 3 is 2.41 bits per heavy atom. The number of aliphatic hydroxyl groups is 1. The average Bonchev–Trinajstić information content (AvgIpc) is 2.24. The van der Waals surface area contributed by atoms with Gasteiger partial charge in [-0.15, -0.1) is 0 Å². The first-order chi connectivity index (χ1) is 7.88. The van der Waals surface area contributed by atoms with Gasteiger partial charge in [-0.2, -0.15) is 0 Å². The second-order valence-corrected chi connectivity index (χ2v) is 4.23. The molecule has 1 aromatic rings. The van der Waals surface area contributed by atoms with Crippen molar-refractivity contribution in [3.05, 3.63) is 35.9 Å². The first-order valence-electron chi connectivity index (χ1n) is 5.36. The van der Waals surface area contributed by atoms with Crippen molar-refractivity contribution in [3.8, 4) is 11.8 Å². The van der Waals surface area contributed by atoms with Crippen LogP contribution in [-0.2, 0) is 9.53 Å². The monoisotopic (exact) mass is 232 g/mol. The fourth-order valence-corrected chi connectivity index (χ4v) is 1.22. The van der Waals surface area contributed by atoms with Gasteiger partial charge in [0.2, 0.25) is 0 Å². The normalized spacial score (nSPS) is 12.2. The fraction of sp³-hybridized carbons (Fsp3) is 0.357. The van der Waals surface area contributed by atoms with Crippen molar-refractivity contribution in [3.63, 3.8) is 0 Å². The summed E-state index contributed by atoms with van der Waals surface area (Å²) in [5.74, 6) is 5.02. The zero-order chi connectivity index (χ0) is 12.9. The van der Waals surface area contributed by atoms with Crippen LogP contribution in [0.2, 0.25) is 0 Å². The third-order valence-corrected chi connectivity index (χ3v) is 1.90. The molecule has 1 atom stereocenters. The maximum atomic E-state index is 11.0. The Morgan fingerprint density at radius 1 is 1.35 bits per heavy atom. The van der Waals surface area contributed by atoms with Gasteiger partial charge in [-0.05, 0) is 13.8 Å². The number of hydrogen-bond acceptors (Lipinski definition) is 3. The molecule has 0 amide bonds. The second kappa shape index (κ2) is 5.51. The summed E-state index contributed by atoms with van der Waals surface area (Å²) >= 11 is 0. The molecule has 0 unspecified atom stereocenters. The van der Waals surface area contributed by atoms with Gasteiger partial charge in [0.15, 0.2) is 6.10 Å². The standard InChI is InChI=1S/C14H16O3/c1-11(15)17-13(9-10-14(2,3)16)12-7-5-4-6-8-12/h4-8,13,16H,1-3H3/t13-/m1/s1. The van der Waals surface area contributed by atoms with Gasteiger partial charge in [0.05, 0.1) is 0 Å². The highest BCUT2D eigenvalue weighted by atomic mass is 16.5. The van der Waals surface area contributed by atoms with E-state index < -0.39 is 17.7 Å². The lowest BCUT2D eigenvalue weighted by atomic mass is 10.1. The molecule has 0 aliphatic heterocycles. The summed E-state index contributed by atoms with van der Waals surface area (Å²) in [6.07, 6.45) is -0.639. The predicted octanol–water partition coefficient (Wildman–Crippen LogP) is 2.07. The maximum absolute atomic E-state index is 11.0. The quantitative estimate of drug-likeness (QED) is 0.627. The average molecular weight is 232 g/mol. The minimum absolute atomic E-state index is 0.399. The molecular formula is C14H16O3. The third-order valence-electron chi connectivity index (χ3n) is 1.90. The van der Waals surface area contributed by atoms with Crippen LogP contribution in [0.1, 0.15) is 32.4 Å². The highest BCUT2D eigenvalue weighted by molar-refractivity contribution is 5.66. The van der Waals surface area contributed by atoms with Crippen molar-refractivity contribution in [2.45, 2.75) is 32.5 Å². The van der Waals surface area contributed by atoms with E-state index in [1.54, 1.807) is 13.8 Å². The summed E-state index contributed by atoms with van der Waals surface area (Å²) < 4.78 is 5.11. The highest BCUT2D eigenvalue weighted by Crippen LogP contribution is 2.16. The summed E-state index contributed by atoms with van der Waals surface area (Å²) in [6.45, 7) is 4.49. The lowest BCUT2D eigenvalue weighted by Gasteiger charge is -2.13. The van der Waals surface area contributed by atoms with E-state index in [0.717, 1.165) is 5.56 Å². The van der Waals surface area contributed by atoms with Gasteiger partial charge in [0, 0.05) is 12.5 Å². The molecule has 0 saturated carbocycles. The largest absolute Gasteiger partial charge is 0.444 e. The number of esters is 1. The molecular weight excluding hydrogens is 216 g/mol. The van der Waals surface area contributed by atoms with Crippen molar-refractivity contribution in [2.75, 3.05) is 0 Å². The van der Waals surface area contributed by atoms with Gasteiger partial charge in [0.1, 0.15) is 5.60 Å². The zero-order valence-corrected chi connectivity index (χ0v) is 10.2. The van der Waals surface area contributed by atoms with Gasteiger partial charge in [0.25, 0.3) is 0 Å². The molecule has 1 N–H and O–H groups in total. The van der Waals surface area contributed by atoms with Crippen molar-refractivity contribution in [1.29, 1.82) is 0 Å². The van der Waals surface area contributed by atoms with Crippen molar-refractivity contribution in [1.82, 2.24) is 0 Å². The summed E-state index contributed by atoms with van der Waals surface area (Å²) in [6, 6.07) is 9.21. The van der Waals surface area contributed by atoms with E-state index in [1.807, 2.05) is 30.3 Å². The molecule has 0 spiro atoms. The van der Waals surface area contributed by atoms with E-state index in [2.05, 4.69) is 11.8 Å². The van der Waals surface area contributed by atoms with Crippen molar-refractivity contribution in [2.24, 2.45) is 0 Å². The van der Waals surface area contributed by atoms with Crippen molar-refractivity contribution >= 4 is 5.97 Å². The Bertz CT molecular complexity index is 432. The summed E-state index contributed by atoms with van der Waals surface area (Å²) in [7, 11) is 0. The molecule has 0 bridgehead atoms. The minimum atomic E-state index is -1.10. The van der Waals surface area contributed by atoms with Gasteiger partial charge < -0.3 is 9.84 Å². The lowest BCUT2D eigenvalue weighted by Crippen LogP contribution is -2.16. The van der Waals surface area contributed by atoms with Crippen LogP contribution in [0.3, 0.4) is 0 Å². The maximum Gasteiger partial charge on any atom is 0.304 e. The molecule has 3 nitrogen and oxygen atoms in total. The number of rotatable bonds is 2. The summed E-state index contributed by atoms with van der Waals surface area (Å²) in [5, 5.41) is 9.53. The van der Waals surface area contributed by atoms with Crippen LogP contribution in [-0.4, -0.2) is 16.7 Å². The van der Waals surface area contributed by atoms with Gasteiger partial charge >= 0.3 is 5.97 Å². The minimum Gasteiger partial charge on any atom is -0.444 e. The molecule has 0 saturated heterocycles. The number of hydrogen-bond donors (Lipinski definition) is 1. The van der Waals surface area contributed by atoms with Crippen LogP contribution in [0.4, 0.5) is 0 Å². The van der Waals surface area contributed by atoms with Crippen LogP contribution in [0.5, 0.6) is 0 Å². The van der Waals surface area contributed by atoms with Crippen LogP contribution in [0, 0.1) is 11.8 Å². The Balaban J connectivity index is 2.96. The summed E-state index contributed by atoms with van der Waals surface area (Å²) in [4.78, 5) is 11.0. The fourth-order valence-electron chi connectivity index (χ4n) is 1.22. The van der Waals surface area contributed by atoms with Gasteiger partial charge in [-0.25, -0.2) is 0 Å². The Labute approximate surface area is 101 Å². The molecule has 0 aromatic heterocycles. The lowest BCUT2D eigenvalue weighted by molar-refractivity contribution is -0.144. The SMILES string of the molecule is CC(=O)O[C@H](C#CC(C)(C)O)c1ccccc1.